The molecule has 3 heteroatoms. The lowest BCUT2D eigenvalue weighted by Gasteiger charge is -2.33. The van der Waals surface area contributed by atoms with E-state index in [2.05, 4.69) is 41.4 Å². The SMILES string of the molecule is CCOc1ccc(CCCN2CCNCC2C)cc1. The van der Waals surface area contributed by atoms with Gasteiger partial charge < -0.3 is 10.1 Å². The molecule has 0 bridgehead atoms. The number of nitrogens with one attached hydrogen (secondary N) is 1. The number of hydrogen-bond acceptors (Lipinski definition) is 3. The van der Waals surface area contributed by atoms with Crippen LogP contribution in [0, 0.1) is 0 Å². The van der Waals surface area contributed by atoms with Crippen LogP contribution in [0.15, 0.2) is 24.3 Å². The Bertz CT molecular complexity index is 364. The fourth-order valence-corrected chi connectivity index (χ4v) is 2.62. The van der Waals surface area contributed by atoms with Gasteiger partial charge in [-0.3, -0.25) is 4.90 Å². The molecule has 0 spiro atoms. The Morgan fingerprint density at radius 3 is 2.79 bits per heavy atom. The molecule has 1 aromatic rings. The predicted octanol–water partition coefficient (Wildman–Crippen LogP) is 2.31. The fraction of sp³-hybridized carbons (Fsp3) is 0.625. The number of hydrogen-bond donors (Lipinski definition) is 1. The van der Waals surface area contributed by atoms with Crippen molar-refractivity contribution in [3.63, 3.8) is 0 Å². The molecule has 1 aromatic carbocycles. The summed E-state index contributed by atoms with van der Waals surface area (Å²) >= 11 is 0. The highest BCUT2D eigenvalue weighted by Crippen LogP contribution is 2.14. The molecule has 2 rings (SSSR count). The van der Waals surface area contributed by atoms with E-state index in [0.717, 1.165) is 31.9 Å². The molecule has 1 aliphatic heterocycles. The van der Waals surface area contributed by atoms with Crippen molar-refractivity contribution in [1.29, 1.82) is 0 Å². The van der Waals surface area contributed by atoms with Crippen LogP contribution < -0.4 is 10.1 Å². The summed E-state index contributed by atoms with van der Waals surface area (Å²) in [4.78, 5) is 2.59. The number of nitrogens with zero attached hydrogens (tertiary/aromatic N) is 1. The molecule has 0 saturated carbocycles. The monoisotopic (exact) mass is 262 g/mol. The van der Waals surface area contributed by atoms with Gasteiger partial charge in [0.05, 0.1) is 6.61 Å². The Hall–Kier alpha value is -1.06. The van der Waals surface area contributed by atoms with Gasteiger partial charge in [0.25, 0.3) is 0 Å². The third-order valence-electron chi connectivity index (χ3n) is 3.78. The van der Waals surface area contributed by atoms with Gasteiger partial charge in [0.2, 0.25) is 0 Å². The van der Waals surface area contributed by atoms with Crippen LogP contribution in [0.4, 0.5) is 0 Å². The van der Waals surface area contributed by atoms with Gasteiger partial charge in [-0.2, -0.15) is 0 Å². The minimum atomic E-state index is 0.675. The molecule has 19 heavy (non-hydrogen) atoms. The maximum Gasteiger partial charge on any atom is 0.119 e. The Labute approximate surface area is 116 Å². The molecular weight excluding hydrogens is 236 g/mol. The molecule has 1 saturated heterocycles. The zero-order valence-electron chi connectivity index (χ0n) is 12.2. The van der Waals surface area contributed by atoms with E-state index in [4.69, 9.17) is 4.74 Å². The lowest BCUT2D eigenvalue weighted by molar-refractivity contribution is 0.172. The highest BCUT2D eigenvalue weighted by molar-refractivity contribution is 5.27. The van der Waals surface area contributed by atoms with Crippen LogP contribution >= 0.6 is 0 Å². The van der Waals surface area contributed by atoms with Gasteiger partial charge in [0, 0.05) is 25.7 Å². The predicted molar refractivity (Wildman–Crippen MR) is 79.8 cm³/mol. The minimum Gasteiger partial charge on any atom is -0.494 e. The van der Waals surface area contributed by atoms with Crippen molar-refractivity contribution in [2.45, 2.75) is 32.7 Å². The van der Waals surface area contributed by atoms with Crippen LogP contribution in [0.3, 0.4) is 0 Å². The highest BCUT2D eigenvalue weighted by atomic mass is 16.5. The van der Waals surface area contributed by atoms with E-state index in [0.29, 0.717) is 6.04 Å². The average Bonchev–Trinajstić information content (AvgIpc) is 2.43. The van der Waals surface area contributed by atoms with Crippen LogP contribution in [0.5, 0.6) is 5.75 Å². The van der Waals surface area contributed by atoms with Crippen molar-refractivity contribution in [3.05, 3.63) is 29.8 Å². The first-order valence-electron chi connectivity index (χ1n) is 7.46. The van der Waals surface area contributed by atoms with Crippen LogP contribution in [0.1, 0.15) is 25.8 Å². The van der Waals surface area contributed by atoms with Crippen LogP contribution in [-0.4, -0.2) is 43.7 Å². The Morgan fingerprint density at radius 1 is 1.32 bits per heavy atom. The largest absolute Gasteiger partial charge is 0.494 e. The van der Waals surface area contributed by atoms with Crippen molar-refractivity contribution in [2.75, 3.05) is 32.8 Å². The second-order valence-electron chi connectivity index (χ2n) is 5.27. The average molecular weight is 262 g/mol. The van der Waals surface area contributed by atoms with E-state index in [9.17, 15) is 0 Å². The van der Waals surface area contributed by atoms with Gasteiger partial charge >= 0.3 is 0 Å². The molecular formula is C16H26N2O. The summed E-state index contributed by atoms with van der Waals surface area (Å²) in [6.07, 6.45) is 2.39. The van der Waals surface area contributed by atoms with Gasteiger partial charge in [-0.15, -0.1) is 0 Å². The Morgan fingerprint density at radius 2 is 2.11 bits per heavy atom. The number of aryl methyl sites for hydroxylation is 1. The summed E-state index contributed by atoms with van der Waals surface area (Å²) < 4.78 is 5.46. The zero-order chi connectivity index (χ0) is 13.5. The quantitative estimate of drug-likeness (QED) is 0.851. The number of piperazine rings is 1. The number of rotatable bonds is 6. The first-order valence-corrected chi connectivity index (χ1v) is 7.46. The van der Waals surface area contributed by atoms with Crippen molar-refractivity contribution < 1.29 is 4.74 Å². The normalized spacial score (nSPS) is 20.4. The van der Waals surface area contributed by atoms with Crippen molar-refractivity contribution >= 4 is 0 Å². The van der Waals surface area contributed by atoms with Crippen LogP contribution in [0.2, 0.25) is 0 Å². The molecule has 1 unspecified atom stereocenters. The van der Waals surface area contributed by atoms with Crippen molar-refractivity contribution in [3.8, 4) is 5.75 Å². The van der Waals surface area contributed by atoms with Gasteiger partial charge in [0.15, 0.2) is 0 Å². The molecule has 0 aromatic heterocycles. The third-order valence-corrected chi connectivity index (χ3v) is 3.78. The first kappa shape index (κ1) is 14.4. The summed E-state index contributed by atoms with van der Waals surface area (Å²) in [6.45, 7) is 9.71. The molecule has 106 valence electrons. The minimum absolute atomic E-state index is 0.675. The zero-order valence-corrected chi connectivity index (χ0v) is 12.2. The summed E-state index contributed by atoms with van der Waals surface area (Å²) in [5, 5.41) is 3.44. The molecule has 0 amide bonds. The van der Waals surface area contributed by atoms with Crippen molar-refractivity contribution in [1.82, 2.24) is 10.2 Å². The Kier molecular flexibility index (Phi) is 5.67. The van der Waals surface area contributed by atoms with Gasteiger partial charge in [0.1, 0.15) is 5.75 Å². The molecule has 1 fully saturated rings. The van der Waals surface area contributed by atoms with E-state index < -0.39 is 0 Å². The van der Waals surface area contributed by atoms with E-state index in [-0.39, 0.29) is 0 Å². The number of benzene rings is 1. The summed E-state index contributed by atoms with van der Waals surface area (Å²) in [5.74, 6) is 0.974. The third kappa shape index (κ3) is 4.51. The molecule has 1 N–H and O–H groups in total. The second kappa shape index (κ2) is 7.51. The Balaban J connectivity index is 1.72. The van der Waals surface area contributed by atoms with Gasteiger partial charge in [-0.05, 0) is 50.9 Å². The maximum atomic E-state index is 5.46. The first-order chi connectivity index (χ1) is 9.29. The van der Waals surface area contributed by atoms with E-state index >= 15 is 0 Å². The van der Waals surface area contributed by atoms with Crippen LogP contribution in [-0.2, 0) is 6.42 Å². The molecule has 1 aliphatic rings. The second-order valence-corrected chi connectivity index (χ2v) is 5.27. The number of ether oxygens (including phenoxy) is 1. The van der Waals surface area contributed by atoms with Crippen LogP contribution in [0.25, 0.3) is 0 Å². The summed E-state index contributed by atoms with van der Waals surface area (Å²) in [7, 11) is 0. The van der Waals surface area contributed by atoms with E-state index in [1.165, 1.54) is 25.1 Å². The van der Waals surface area contributed by atoms with Crippen molar-refractivity contribution in [2.24, 2.45) is 0 Å². The van der Waals surface area contributed by atoms with E-state index in [1.807, 2.05) is 6.92 Å². The van der Waals surface area contributed by atoms with E-state index in [1.54, 1.807) is 0 Å². The molecule has 0 radical (unpaired) electrons. The maximum absolute atomic E-state index is 5.46. The lowest BCUT2D eigenvalue weighted by atomic mass is 10.1. The van der Waals surface area contributed by atoms with Gasteiger partial charge in [-0.1, -0.05) is 12.1 Å². The molecule has 1 atom stereocenters. The highest BCUT2D eigenvalue weighted by Gasteiger charge is 2.16. The molecule has 0 aliphatic carbocycles. The summed E-state index contributed by atoms with van der Waals surface area (Å²) in [6, 6.07) is 9.20. The van der Waals surface area contributed by atoms with Gasteiger partial charge in [-0.25, -0.2) is 0 Å². The summed E-state index contributed by atoms with van der Waals surface area (Å²) in [5.41, 5.74) is 1.41. The molecule has 1 heterocycles. The lowest BCUT2D eigenvalue weighted by Crippen LogP contribution is -2.49. The standard InChI is InChI=1S/C16H26N2O/c1-3-19-16-8-6-15(7-9-16)5-4-11-18-12-10-17-13-14(18)2/h6-9,14,17H,3-5,10-13H2,1-2H3. The topological polar surface area (TPSA) is 24.5 Å². The molecule has 3 nitrogen and oxygen atoms in total. The smallest absolute Gasteiger partial charge is 0.119 e. The fourth-order valence-electron chi connectivity index (χ4n) is 2.62.